The molecule has 1 N–H and O–H groups in total. The number of nitrogens with zero attached hydrogens (tertiary/aromatic N) is 4. The molecule has 2 aromatic rings. The minimum atomic E-state index is -0.682. The third-order valence-electron chi connectivity index (χ3n) is 6.00. The predicted molar refractivity (Wildman–Crippen MR) is 110 cm³/mol. The minimum Gasteiger partial charge on any atom is -0.367 e. The average molecular weight is 409 g/mol. The van der Waals surface area contributed by atoms with Crippen LogP contribution in [-0.4, -0.2) is 49.2 Å². The maximum absolute atomic E-state index is 13.5. The first kappa shape index (κ1) is 20.3. The first-order valence-electron chi connectivity index (χ1n) is 10.1. The number of fused-ring (bicyclic) bond motifs is 1. The number of carbonyl (C=O) groups is 1. The molecule has 0 spiro atoms. The van der Waals surface area contributed by atoms with Gasteiger partial charge in [-0.25, -0.2) is 4.39 Å². The number of benzene rings is 2. The molecule has 7 nitrogen and oxygen atoms in total. The van der Waals surface area contributed by atoms with Gasteiger partial charge in [-0.05, 0) is 54.2 Å². The standard InChI is InChI=1S/C22H24FN5O2/c1-25-19-13-30-20(12-18(19)26-27-24)22(29)28-11-10-14-4-2-3-5-17(14)21(28)15-6-8-16(23)9-7-15/h2-9,18-21,25H,10-13H2,1H3/t18-,19-,20+,21-/m0/s1. The summed E-state index contributed by atoms with van der Waals surface area (Å²) in [7, 11) is 1.78. The van der Waals surface area contributed by atoms with Gasteiger partial charge < -0.3 is 15.0 Å². The molecule has 4 rings (SSSR count). The fourth-order valence-corrected chi connectivity index (χ4v) is 4.42. The summed E-state index contributed by atoms with van der Waals surface area (Å²) in [5.41, 5.74) is 12.0. The van der Waals surface area contributed by atoms with E-state index >= 15 is 0 Å². The molecule has 0 aliphatic carbocycles. The lowest BCUT2D eigenvalue weighted by atomic mass is 9.87. The lowest BCUT2D eigenvalue weighted by molar-refractivity contribution is -0.150. The van der Waals surface area contributed by atoms with E-state index in [2.05, 4.69) is 21.4 Å². The van der Waals surface area contributed by atoms with Gasteiger partial charge in [-0.15, -0.1) is 0 Å². The summed E-state index contributed by atoms with van der Waals surface area (Å²) in [4.78, 5) is 18.3. The number of hydrogen-bond donors (Lipinski definition) is 1. The molecule has 1 saturated heterocycles. The van der Waals surface area contributed by atoms with E-state index in [-0.39, 0.29) is 29.8 Å². The van der Waals surface area contributed by atoms with Gasteiger partial charge in [0.1, 0.15) is 11.9 Å². The Morgan fingerprint density at radius 1 is 1.27 bits per heavy atom. The smallest absolute Gasteiger partial charge is 0.252 e. The van der Waals surface area contributed by atoms with Crippen molar-refractivity contribution >= 4 is 5.91 Å². The molecule has 30 heavy (non-hydrogen) atoms. The Morgan fingerprint density at radius 2 is 2.03 bits per heavy atom. The van der Waals surface area contributed by atoms with Gasteiger partial charge in [0, 0.05) is 17.5 Å². The van der Waals surface area contributed by atoms with Crippen LogP contribution in [0.4, 0.5) is 4.39 Å². The molecule has 0 aromatic heterocycles. The molecule has 8 heteroatoms. The maximum Gasteiger partial charge on any atom is 0.252 e. The van der Waals surface area contributed by atoms with Crippen LogP contribution < -0.4 is 5.32 Å². The number of carbonyl (C=O) groups excluding carboxylic acids is 1. The summed E-state index contributed by atoms with van der Waals surface area (Å²) in [6.45, 7) is 0.835. The summed E-state index contributed by atoms with van der Waals surface area (Å²) in [5.74, 6) is -0.446. The number of azide groups is 1. The van der Waals surface area contributed by atoms with E-state index in [0.717, 1.165) is 17.5 Å². The second-order valence-corrected chi connectivity index (χ2v) is 7.66. The summed E-state index contributed by atoms with van der Waals surface area (Å²) in [6, 6.07) is 13.5. The summed E-state index contributed by atoms with van der Waals surface area (Å²) >= 11 is 0. The van der Waals surface area contributed by atoms with E-state index in [0.29, 0.717) is 19.6 Å². The molecule has 0 unspecified atom stereocenters. The molecule has 2 aromatic carbocycles. The highest BCUT2D eigenvalue weighted by atomic mass is 19.1. The topological polar surface area (TPSA) is 90.3 Å². The molecule has 4 atom stereocenters. The monoisotopic (exact) mass is 409 g/mol. The number of ether oxygens (including phenoxy) is 1. The van der Waals surface area contributed by atoms with Crippen LogP contribution in [0.2, 0.25) is 0 Å². The quantitative estimate of drug-likeness (QED) is 0.477. The van der Waals surface area contributed by atoms with Crippen molar-refractivity contribution in [1.29, 1.82) is 0 Å². The van der Waals surface area contributed by atoms with Crippen LogP contribution in [0.5, 0.6) is 0 Å². The summed E-state index contributed by atoms with van der Waals surface area (Å²) < 4.78 is 19.4. The zero-order chi connectivity index (χ0) is 21.1. The predicted octanol–water partition coefficient (Wildman–Crippen LogP) is 3.36. The van der Waals surface area contributed by atoms with Crippen LogP contribution in [0.3, 0.4) is 0 Å². The molecule has 1 fully saturated rings. The van der Waals surface area contributed by atoms with Gasteiger partial charge in [-0.2, -0.15) is 0 Å². The highest BCUT2D eigenvalue weighted by Gasteiger charge is 2.39. The van der Waals surface area contributed by atoms with Gasteiger partial charge in [0.15, 0.2) is 0 Å². The van der Waals surface area contributed by atoms with Crippen LogP contribution in [0.1, 0.15) is 29.2 Å². The van der Waals surface area contributed by atoms with E-state index in [4.69, 9.17) is 10.3 Å². The Kier molecular flexibility index (Phi) is 5.99. The third-order valence-corrected chi connectivity index (χ3v) is 6.00. The fraction of sp³-hybridized carbons (Fsp3) is 0.409. The van der Waals surface area contributed by atoms with Crippen molar-refractivity contribution in [3.63, 3.8) is 0 Å². The number of nitrogens with one attached hydrogen (secondary N) is 1. The first-order chi connectivity index (χ1) is 14.6. The van der Waals surface area contributed by atoms with Gasteiger partial charge in [0.25, 0.3) is 5.91 Å². The van der Waals surface area contributed by atoms with Gasteiger partial charge in [-0.3, -0.25) is 4.79 Å². The SMILES string of the molecule is CN[C@H]1CO[C@@H](C(=O)N2CCc3ccccc3[C@@H]2c2ccc(F)cc2)C[C@@H]1N=[N+]=[N-]. The van der Waals surface area contributed by atoms with Gasteiger partial charge >= 0.3 is 0 Å². The van der Waals surface area contributed by atoms with Crippen molar-refractivity contribution in [2.75, 3.05) is 20.2 Å². The molecular formula is C22H24FN5O2. The Hall–Kier alpha value is -2.93. The Bertz CT molecular complexity index is 960. The molecule has 0 radical (unpaired) electrons. The Labute approximate surface area is 174 Å². The van der Waals surface area contributed by atoms with Crippen LogP contribution >= 0.6 is 0 Å². The van der Waals surface area contributed by atoms with E-state index in [1.54, 1.807) is 19.2 Å². The van der Waals surface area contributed by atoms with Crippen molar-refractivity contribution in [2.45, 2.75) is 37.1 Å². The second kappa shape index (κ2) is 8.83. The van der Waals surface area contributed by atoms with Crippen molar-refractivity contribution < 1.29 is 13.9 Å². The molecule has 0 bridgehead atoms. The number of rotatable bonds is 4. The molecule has 156 valence electrons. The minimum absolute atomic E-state index is 0.125. The van der Waals surface area contributed by atoms with Crippen molar-refractivity contribution in [3.05, 3.63) is 81.5 Å². The molecule has 2 aliphatic rings. The number of hydrogen-bond acceptors (Lipinski definition) is 4. The van der Waals surface area contributed by atoms with Gasteiger partial charge in [0.05, 0.1) is 18.7 Å². The number of amides is 1. The van der Waals surface area contributed by atoms with E-state index in [1.165, 1.54) is 17.7 Å². The molecular weight excluding hydrogens is 385 g/mol. The van der Waals surface area contributed by atoms with Crippen LogP contribution in [0, 0.1) is 5.82 Å². The largest absolute Gasteiger partial charge is 0.367 e. The van der Waals surface area contributed by atoms with Crippen LogP contribution in [0.15, 0.2) is 53.6 Å². The molecule has 0 saturated carbocycles. The molecule has 1 amide bonds. The summed E-state index contributed by atoms with van der Waals surface area (Å²) in [6.07, 6.45) is 0.381. The zero-order valence-corrected chi connectivity index (χ0v) is 16.7. The van der Waals surface area contributed by atoms with Crippen LogP contribution in [0.25, 0.3) is 10.4 Å². The van der Waals surface area contributed by atoms with Gasteiger partial charge in [-0.1, -0.05) is 41.5 Å². The van der Waals surface area contributed by atoms with E-state index < -0.39 is 6.10 Å². The zero-order valence-electron chi connectivity index (χ0n) is 16.7. The van der Waals surface area contributed by atoms with Crippen molar-refractivity contribution in [3.8, 4) is 0 Å². The van der Waals surface area contributed by atoms with Gasteiger partial charge in [0.2, 0.25) is 0 Å². The first-order valence-corrected chi connectivity index (χ1v) is 10.1. The van der Waals surface area contributed by atoms with Crippen molar-refractivity contribution in [1.82, 2.24) is 10.2 Å². The lowest BCUT2D eigenvalue weighted by Gasteiger charge is -2.41. The third kappa shape index (κ3) is 3.89. The Balaban J connectivity index is 1.65. The molecule has 2 aliphatic heterocycles. The summed E-state index contributed by atoms with van der Waals surface area (Å²) in [5, 5.41) is 6.94. The number of likely N-dealkylation sites (N-methyl/N-ethyl adjacent to an activating group) is 1. The normalized spacial score (nSPS) is 25.9. The average Bonchev–Trinajstić information content (AvgIpc) is 2.78. The van der Waals surface area contributed by atoms with Crippen molar-refractivity contribution in [2.24, 2.45) is 5.11 Å². The maximum atomic E-state index is 13.5. The highest BCUT2D eigenvalue weighted by molar-refractivity contribution is 5.82. The fourth-order valence-electron chi connectivity index (χ4n) is 4.42. The number of halogens is 1. The second-order valence-electron chi connectivity index (χ2n) is 7.66. The Morgan fingerprint density at radius 3 is 2.77 bits per heavy atom. The van der Waals surface area contributed by atoms with Crippen LogP contribution in [-0.2, 0) is 16.0 Å². The molecule has 2 heterocycles. The lowest BCUT2D eigenvalue weighted by Crippen LogP contribution is -2.53. The van der Waals surface area contributed by atoms with E-state index in [9.17, 15) is 9.18 Å². The highest BCUT2D eigenvalue weighted by Crippen LogP contribution is 2.36. The van der Waals surface area contributed by atoms with E-state index in [1.807, 2.05) is 23.1 Å².